The number of nitrogens with one attached hydrogen (secondary N) is 1. The van der Waals surface area contributed by atoms with Gasteiger partial charge in [-0.3, -0.25) is 9.10 Å². The minimum Gasteiger partial charge on any atom is -0.326 e. The zero-order valence-electron chi connectivity index (χ0n) is 15.7. The molecule has 3 rings (SSSR count). The maximum absolute atomic E-state index is 12.3. The molecule has 144 valence electrons. The first-order valence-electron chi connectivity index (χ1n) is 9.93. The van der Waals surface area contributed by atoms with Gasteiger partial charge in [0.15, 0.2) is 0 Å². The molecule has 0 aromatic heterocycles. The van der Waals surface area contributed by atoms with E-state index in [-0.39, 0.29) is 11.7 Å². The first kappa shape index (κ1) is 19.2. The lowest BCUT2D eigenvalue weighted by Crippen LogP contribution is -2.36. The van der Waals surface area contributed by atoms with Crippen molar-refractivity contribution in [2.24, 2.45) is 5.92 Å². The highest BCUT2D eigenvalue weighted by Crippen LogP contribution is 2.32. The summed E-state index contributed by atoms with van der Waals surface area (Å²) in [6.07, 6.45) is 9.65. The lowest BCUT2D eigenvalue weighted by molar-refractivity contribution is -0.116. The largest absolute Gasteiger partial charge is 0.326 e. The quantitative estimate of drug-likeness (QED) is 0.811. The molecule has 26 heavy (non-hydrogen) atoms. The van der Waals surface area contributed by atoms with E-state index in [4.69, 9.17) is 0 Å². The van der Waals surface area contributed by atoms with Crippen molar-refractivity contribution in [3.63, 3.8) is 0 Å². The SMILES string of the molecule is CCS(=O)(=O)N1CCCc2cc(NC(=O)CCC3CCCCC3)ccc21. The van der Waals surface area contributed by atoms with Crippen LogP contribution in [0.5, 0.6) is 0 Å². The highest BCUT2D eigenvalue weighted by Gasteiger charge is 2.26. The van der Waals surface area contributed by atoms with Crippen LogP contribution in [-0.2, 0) is 21.2 Å². The van der Waals surface area contributed by atoms with Gasteiger partial charge in [0.1, 0.15) is 0 Å². The van der Waals surface area contributed by atoms with Crippen molar-refractivity contribution >= 4 is 27.3 Å². The second-order valence-corrected chi connectivity index (χ2v) is 9.69. The molecule has 0 atom stereocenters. The molecule has 1 heterocycles. The van der Waals surface area contributed by atoms with Gasteiger partial charge in [-0.25, -0.2) is 8.42 Å². The summed E-state index contributed by atoms with van der Waals surface area (Å²) in [5.74, 6) is 0.863. The third-order valence-electron chi connectivity index (χ3n) is 5.64. The number of hydrogen-bond acceptors (Lipinski definition) is 3. The van der Waals surface area contributed by atoms with Gasteiger partial charge in [-0.15, -0.1) is 0 Å². The molecule has 0 bridgehead atoms. The van der Waals surface area contributed by atoms with E-state index in [1.54, 1.807) is 6.92 Å². The second kappa shape index (κ2) is 8.42. The highest BCUT2D eigenvalue weighted by molar-refractivity contribution is 7.92. The predicted molar refractivity (Wildman–Crippen MR) is 106 cm³/mol. The Hall–Kier alpha value is -1.56. The molecule has 1 amide bonds. The molecule has 1 fully saturated rings. The van der Waals surface area contributed by atoms with Crippen LogP contribution in [-0.4, -0.2) is 26.6 Å². The van der Waals surface area contributed by atoms with Crippen LogP contribution in [0, 0.1) is 5.92 Å². The average molecular weight is 379 g/mol. The average Bonchev–Trinajstić information content (AvgIpc) is 2.66. The van der Waals surface area contributed by atoms with E-state index in [0.29, 0.717) is 18.9 Å². The number of amides is 1. The van der Waals surface area contributed by atoms with Crippen LogP contribution in [0.4, 0.5) is 11.4 Å². The van der Waals surface area contributed by atoms with Gasteiger partial charge in [-0.1, -0.05) is 32.1 Å². The Bertz CT molecular complexity index is 739. The maximum atomic E-state index is 12.3. The van der Waals surface area contributed by atoms with Crippen molar-refractivity contribution in [1.29, 1.82) is 0 Å². The van der Waals surface area contributed by atoms with Crippen LogP contribution in [0.15, 0.2) is 18.2 Å². The van der Waals surface area contributed by atoms with Crippen molar-refractivity contribution < 1.29 is 13.2 Å². The molecule has 0 unspecified atom stereocenters. The minimum atomic E-state index is -3.25. The smallest absolute Gasteiger partial charge is 0.234 e. The number of fused-ring (bicyclic) bond motifs is 1. The molecule has 1 aliphatic carbocycles. The number of rotatable bonds is 6. The van der Waals surface area contributed by atoms with Crippen LogP contribution in [0.2, 0.25) is 0 Å². The van der Waals surface area contributed by atoms with Gasteiger partial charge in [0.25, 0.3) is 0 Å². The number of carbonyl (C=O) groups excluding carboxylic acids is 1. The summed E-state index contributed by atoms with van der Waals surface area (Å²) in [7, 11) is -3.25. The summed E-state index contributed by atoms with van der Waals surface area (Å²) in [4.78, 5) is 12.3. The third kappa shape index (κ3) is 4.58. The molecule has 5 nitrogen and oxygen atoms in total. The topological polar surface area (TPSA) is 66.5 Å². The Morgan fingerprint density at radius 2 is 1.96 bits per heavy atom. The van der Waals surface area contributed by atoms with Crippen LogP contribution in [0.1, 0.15) is 63.9 Å². The fourth-order valence-electron chi connectivity index (χ4n) is 4.12. The second-order valence-electron chi connectivity index (χ2n) is 7.51. The molecule has 1 aromatic rings. The van der Waals surface area contributed by atoms with Gasteiger partial charge in [0.05, 0.1) is 11.4 Å². The standard InChI is InChI=1S/C20H30N2O3S/c1-2-26(24,25)22-14-6-9-17-15-18(11-12-19(17)22)21-20(23)13-10-16-7-4-3-5-8-16/h11-12,15-16H,2-10,13-14H2,1H3,(H,21,23). The molecule has 1 aromatic carbocycles. The molecule has 1 saturated carbocycles. The Balaban J connectivity index is 1.62. The Morgan fingerprint density at radius 1 is 1.19 bits per heavy atom. The van der Waals surface area contributed by atoms with E-state index in [2.05, 4.69) is 5.32 Å². The number of sulfonamides is 1. The van der Waals surface area contributed by atoms with E-state index in [1.807, 2.05) is 18.2 Å². The van der Waals surface area contributed by atoms with Crippen LogP contribution in [0.3, 0.4) is 0 Å². The fraction of sp³-hybridized carbons (Fsp3) is 0.650. The van der Waals surface area contributed by atoms with Crippen molar-refractivity contribution in [2.45, 2.75) is 64.7 Å². The van der Waals surface area contributed by atoms with Gasteiger partial charge < -0.3 is 5.32 Å². The maximum Gasteiger partial charge on any atom is 0.234 e. The molecule has 1 N–H and O–H groups in total. The van der Waals surface area contributed by atoms with Crippen molar-refractivity contribution in [3.05, 3.63) is 23.8 Å². The molecular weight excluding hydrogens is 348 g/mol. The number of hydrogen-bond donors (Lipinski definition) is 1. The Labute approximate surface area is 157 Å². The lowest BCUT2D eigenvalue weighted by Gasteiger charge is -2.30. The van der Waals surface area contributed by atoms with Crippen molar-refractivity contribution in [3.8, 4) is 0 Å². The van der Waals surface area contributed by atoms with Gasteiger partial charge >= 0.3 is 0 Å². The van der Waals surface area contributed by atoms with Crippen molar-refractivity contribution in [2.75, 3.05) is 21.9 Å². The van der Waals surface area contributed by atoms with E-state index in [1.165, 1.54) is 36.4 Å². The van der Waals surface area contributed by atoms with Gasteiger partial charge in [-0.05, 0) is 55.9 Å². The zero-order chi connectivity index (χ0) is 18.6. The zero-order valence-corrected chi connectivity index (χ0v) is 16.5. The lowest BCUT2D eigenvalue weighted by atomic mass is 9.86. The summed E-state index contributed by atoms with van der Waals surface area (Å²) in [5, 5.41) is 2.99. The van der Waals surface area contributed by atoms with Crippen LogP contribution < -0.4 is 9.62 Å². The molecule has 1 aliphatic heterocycles. The molecule has 6 heteroatoms. The number of nitrogens with zero attached hydrogens (tertiary/aromatic N) is 1. The summed E-state index contributed by atoms with van der Waals surface area (Å²) in [6, 6.07) is 5.59. The van der Waals surface area contributed by atoms with Gasteiger partial charge in [0, 0.05) is 18.7 Å². The molecule has 0 saturated heterocycles. The van der Waals surface area contributed by atoms with E-state index >= 15 is 0 Å². The van der Waals surface area contributed by atoms with E-state index in [0.717, 1.165) is 36.2 Å². The number of anilines is 2. The van der Waals surface area contributed by atoms with Gasteiger partial charge in [0.2, 0.25) is 15.9 Å². The number of aryl methyl sites for hydroxylation is 1. The number of carbonyl (C=O) groups is 1. The van der Waals surface area contributed by atoms with Crippen LogP contribution in [0.25, 0.3) is 0 Å². The molecule has 0 spiro atoms. The summed E-state index contributed by atoms with van der Waals surface area (Å²) in [5.41, 5.74) is 2.53. The predicted octanol–water partition coefficient (Wildman–Crippen LogP) is 4.09. The monoisotopic (exact) mass is 378 g/mol. The Morgan fingerprint density at radius 3 is 2.69 bits per heavy atom. The summed E-state index contributed by atoms with van der Waals surface area (Å²) in [6.45, 7) is 2.21. The first-order valence-corrected chi connectivity index (χ1v) is 11.5. The third-order valence-corrected chi connectivity index (χ3v) is 7.42. The van der Waals surface area contributed by atoms with Crippen LogP contribution >= 0.6 is 0 Å². The van der Waals surface area contributed by atoms with Gasteiger partial charge in [-0.2, -0.15) is 0 Å². The number of benzene rings is 1. The summed E-state index contributed by atoms with van der Waals surface area (Å²) < 4.78 is 26.1. The normalized spacial score (nSPS) is 18.4. The Kier molecular flexibility index (Phi) is 6.22. The molecular formula is C20H30N2O3S. The first-order chi connectivity index (χ1) is 12.5. The summed E-state index contributed by atoms with van der Waals surface area (Å²) >= 11 is 0. The highest BCUT2D eigenvalue weighted by atomic mass is 32.2. The van der Waals surface area contributed by atoms with Crippen molar-refractivity contribution in [1.82, 2.24) is 0 Å². The van der Waals surface area contributed by atoms with E-state index < -0.39 is 10.0 Å². The molecule has 2 aliphatic rings. The molecule has 0 radical (unpaired) electrons. The fourth-order valence-corrected chi connectivity index (χ4v) is 5.32. The minimum absolute atomic E-state index is 0.0596. The van der Waals surface area contributed by atoms with E-state index in [9.17, 15) is 13.2 Å².